The first-order valence-corrected chi connectivity index (χ1v) is 5.71. The maximum Gasteiger partial charge on any atom is 0.0702 e. The normalized spacial score (nSPS) is 11.4. The SMILES string of the molecule is C/C=C/c1ccccc1N=Cc1ccccc1. The number of allylic oxidation sites excluding steroid dienone is 1. The molecule has 0 aliphatic heterocycles. The van der Waals surface area contributed by atoms with E-state index < -0.39 is 0 Å². The lowest BCUT2D eigenvalue weighted by atomic mass is 10.1. The van der Waals surface area contributed by atoms with Gasteiger partial charge in [0, 0.05) is 6.21 Å². The molecule has 0 unspecified atom stereocenters. The minimum Gasteiger partial charge on any atom is -0.256 e. The van der Waals surface area contributed by atoms with Crippen molar-refractivity contribution in [1.82, 2.24) is 0 Å². The first-order valence-electron chi connectivity index (χ1n) is 5.71. The number of hydrogen-bond donors (Lipinski definition) is 0. The van der Waals surface area contributed by atoms with E-state index in [1.165, 1.54) is 0 Å². The third-order valence-electron chi connectivity index (χ3n) is 2.44. The molecule has 1 heteroatoms. The molecule has 0 bridgehead atoms. The monoisotopic (exact) mass is 221 g/mol. The van der Waals surface area contributed by atoms with Crippen molar-refractivity contribution in [2.45, 2.75) is 6.92 Å². The van der Waals surface area contributed by atoms with Crippen LogP contribution >= 0.6 is 0 Å². The Hall–Kier alpha value is -2.15. The van der Waals surface area contributed by atoms with Crippen LogP contribution in [-0.2, 0) is 0 Å². The molecule has 84 valence electrons. The second-order valence-electron chi connectivity index (χ2n) is 3.73. The zero-order valence-corrected chi connectivity index (χ0v) is 9.88. The summed E-state index contributed by atoms with van der Waals surface area (Å²) in [4.78, 5) is 4.52. The van der Waals surface area contributed by atoms with Gasteiger partial charge in [-0.1, -0.05) is 60.7 Å². The summed E-state index contributed by atoms with van der Waals surface area (Å²) in [5.74, 6) is 0. The Morgan fingerprint density at radius 2 is 1.59 bits per heavy atom. The average Bonchev–Trinajstić information content (AvgIpc) is 2.39. The van der Waals surface area contributed by atoms with Crippen LogP contribution < -0.4 is 0 Å². The number of nitrogens with zero attached hydrogens (tertiary/aromatic N) is 1. The van der Waals surface area contributed by atoms with Gasteiger partial charge in [-0.2, -0.15) is 0 Å². The largest absolute Gasteiger partial charge is 0.256 e. The lowest BCUT2D eigenvalue weighted by Crippen LogP contribution is -1.79. The Labute approximate surface area is 102 Å². The maximum atomic E-state index is 4.52. The first-order chi connectivity index (χ1) is 8.40. The molecule has 1 nitrogen and oxygen atoms in total. The first kappa shape index (κ1) is 11.3. The molecule has 2 aromatic carbocycles. The van der Waals surface area contributed by atoms with E-state index in [2.05, 4.69) is 17.1 Å². The van der Waals surface area contributed by atoms with E-state index in [0.29, 0.717) is 0 Å². The predicted octanol–water partition coefficient (Wildman–Crippen LogP) is 4.47. The quantitative estimate of drug-likeness (QED) is 0.678. The molecule has 17 heavy (non-hydrogen) atoms. The molecular weight excluding hydrogens is 206 g/mol. The summed E-state index contributed by atoms with van der Waals surface area (Å²) in [6, 6.07) is 18.2. The van der Waals surface area contributed by atoms with E-state index in [9.17, 15) is 0 Å². The van der Waals surface area contributed by atoms with Crippen molar-refractivity contribution in [3.63, 3.8) is 0 Å². The van der Waals surface area contributed by atoms with Gasteiger partial charge in [0.25, 0.3) is 0 Å². The van der Waals surface area contributed by atoms with Crippen LogP contribution in [0.15, 0.2) is 65.7 Å². The molecule has 0 aliphatic carbocycles. The Kier molecular flexibility index (Phi) is 3.87. The smallest absolute Gasteiger partial charge is 0.0702 e. The summed E-state index contributed by atoms with van der Waals surface area (Å²) in [6.07, 6.45) is 5.98. The summed E-state index contributed by atoms with van der Waals surface area (Å²) in [5, 5.41) is 0. The van der Waals surface area contributed by atoms with Crippen molar-refractivity contribution in [3.05, 3.63) is 71.8 Å². The Bertz CT molecular complexity index is 524. The van der Waals surface area contributed by atoms with Crippen molar-refractivity contribution < 1.29 is 0 Å². The molecular formula is C16H15N. The highest BCUT2D eigenvalue weighted by molar-refractivity contribution is 5.83. The van der Waals surface area contributed by atoms with E-state index in [-0.39, 0.29) is 0 Å². The topological polar surface area (TPSA) is 12.4 Å². The second kappa shape index (κ2) is 5.80. The minimum absolute atomic E-state index is 0.995. The van der Waals surface area contributed by atoms with Gasteiger partial charge in [-0.15, -0.1) is 0 Å². The molecule has 0 spiro atoms. The number of aliphatic imine (C=N–C) groups is 1. The highest BCUT2D eigenvalue weighted by Gasteiger charge is 1.94. The third-order valence-corrected chi connectivity index (χ3v) is 2.44. The summed E-state index contributed by atoms with van der Waals surface area (Å²) >= 11 is 0. The van der Waals surface area contributed by atoms with Crippen molar-refractivity contribution in [2.75, 3.05) is 0 Å². The number of hydrogen-bond acceptors (Lipinski definition) is 1. The molecule has 0 N–H and O–H groups in total. The van der Waals surface area contributed by atoms with Gasteiger partial charge in [-0.25, -0.2) is 0 Å². The fraction of sp³-hybridized carbons (Fsp3) is 0.0625. The molecule has 0 heterocycles. The van der Waals surface area contributed by atoms with Crippen LogP contribution in [0.4, 0.5) is 5.69 Å². The van der Waals surface area contributed by atoms with Crippen LogP contribution in [0.2, 0.25) is 0 Å². The minimum atomic E-state index is 0.995. The van der Waals surface area contributed by atoms with Crippen molar-refractivity contribution in [1.29, 1.82) is 0 Å². The lowest BCUT2D eigenvalue weighted by Gasteiger charge is -1.99. The van der Waals surface area contributed by atoms with Crippen LogP contribution in [0.3, 0.4) is 0 Å². The van der Waals surface area contributed by atoms with E-state index in [1.54, 1.807) is 0 Å². The highest BCUT2D eigenvalue weighted by atomic mass is 14.7. The lowest BCUT2D eigenvalue weighted by molar-refractivity contribution is 1.50. The van der Waals surface area contributed by atoms with Crippen molar-refractivity contribution >= 4 is 18.0 Å². The molecule has 0 aromatic heterocycles. The van der Waals surface area contributed by atoms with Crippen LogP contribution in [-0.4, -0.2) is 6.21 Å². The summed E-state index contributed by atoms with van der Waals surface area (Å²) in [5.41, 5.74) is 3.25. The van der Waals surface area contributed by atoms with Gasteiger partial charge in [0.15, 0.2) is 0 Å². The molecule has 0 fully saturated rings. The Balaban J connectivity index is 2.27. The van der Waals surface area contributed by atoms with E-state index in [1.807, 2.05) is 67.7 Å². The summed E-state index contributed by atoms with van der Waals surface area (Å²) in [7, 11) is 0. The van der Waals surface area contributed by atoms with E-state index in [4.69, 9.17) is 0 Å². The zero-order chi connectivity index (χ0) is 11.9. The number of para-hydroxylation sites is 1. The van der Waals surface area contributed by atoms with Crippen LogP contribution in [0.25, 0.3) is 6.08 Å². The van der Waals surface area contributed by atoms with Crippen LogP contribution in [0.1, 0.15) is 18.1 Å². The molecule has 0 saturated heterocycles. The standard InChI is InChI=1S/C16H15N/c1-2-8-15-11-6-7-12-16(15)17-13-14-9-4-3-5-10-14/h2-13H,1H3/b8-2+,17-13?. The Morgan fingerprint density at radius 1 is 0.882 bits per heavy atom. The van der Waals surface area contributed by atoms with Gasteiger partial charge in [-0.05, 0) is 24.1 Å². The predicted molar refractivity (Wildman–Crippen MR) is 74.8 cm³/mol. The van der Waals surface area contributed by atoms with Gasteiger partial charge >= 0.3 is 0 Å². The van der Waals surface area contributed by atoms with Gasteiger partial charge in [0.2, 0.25) is 0 Å². The molecule has 0 saturated carbocycles. The fourth-order valence-electron chi connectivity index (χ4n) is 1.61. The fourth-order valence-corrected chi connectivity index (χ4v) is 1.61. The molecule has 0 atom stereocenters. The van der Waals surface area contributed by atoms with Gasteiger partial charge < -0.3 is 0 Å². The van der Waals surface area contributed by atoms with Crippen molar-refractivity contribution in [3.8, 4) is 0 Å². The molecule has 0 aliphatic rings. The average molecular weight is 221 g/mol. The molecule has 2 aromatic rings. The third kappa shape index (κ3) is 3.15. The second-order valence-corrected chi connectivity index (χ2v) is 3.73. The van der Waals surface area contributed by atoms with Crippen molar-refractivity contribution in [2.24, 2.45) is 4.99 Å². The molecule has 2 rings (SSSR count). The van der Waals surface area contributed by atoms with E-state index in [0.717, 1.165) is 16.8 Å². The molecule has 0 amide bonds. The number of rotatable bonds is 3. The van der Waals surface area contributed by atoms with Gasteiger partial charge in [-0.3, -0.25) is 4.99 Å². The van der Waals surface area contributed by atoms with Crippen LogP contribution in [0.5, 0.6) is 0 Å². The van der Waals surface area contributed by atoms with E-state index >= 15 is 0 Å². The molecule has 0 radical (unpaired) electrons. The van der Waals surface area contributed by atoms with Crippen LogP contribution in [0, 0.1) is 0 Å². The van der Waals surface area contributed by atoms with Gasteiger partial charge in [0.05, 0.1) is 5.69 Å². The van der Waals surface area contributed by atoms with Gasteiger partial charge in [0.1, 0.15) is 0 Å². The number of benzene rings is 2. The maximum absolute atomic E-state index is 4.52. The zero-order valence-electron chi connectivity index (χ0n) is 9.88. The summed E-state index contributed by atoms with van der Waals surface area (Å²) in [6.45, 7) is 2.01. The summed E-state index contributed by atoms with van der Waals surface area (Å²) < 4.78 is 0. The Morgan fingerprint density at radius 3 is 2.35 bits per heavy atom. The highest BCUT2D eigenvalue weighted by Crippen LogP contribution is 2.19.